The fourth-order valence-corrected chi connectivity index (χ4v) is 1.81. The first kappa shape index (κ1) is 14.0. The van der Waals surface area contributed by atoms with Crippen LogP contribution >= 0.6 is 0 Å². The Labute approximate surface area is 105 Å². The number of rotatable bonds is 7. The Hall–Kier alpha value is -1.02. The van der Waals surface area contributed by atoms with Crippen molar-refractivity contribution in [2.75, 3.05) is 13.7 Å². The van der Waals surface area contributed by atoms with Gasteiger partial charge in [0, 0.05) is 7.11 Å². The largest absolute Gasteiger partial charge is 0.493 e. The average molecular weight is 236 g/mol. The van der Waals surface area contributed by atoms with Crippen LogP contribution in [0.4, 0.5) is 0 Å². The van der Waals surface area contributed by atoms with Gasteiger partial charge in [0.05, 0.1) is 12.7 Å². The molecular formula is C15H24O2. The van der Waals surface area contributed by atoms with Crippen molar-refractivity contribution in [1.29, 1.82) is 0 Å². The van der Waals surface area contributed by atoms with Crippen molar-refractivity contribution in [3.05, 3.63) is 29.8 Å². The van der Waals surface area contributed by atoms with E-state index in [1.807, 2.05) is 19.1 Å². The van der Waals surface area contributed by atoms with Crippen LogP contribution in [0, 0.1) is 5.92 Å². The fraction of sp³-hybridized carbons (Fsp3) is 0.600. The molecule has 0 saturated carbocycles. The van der Waals surface area contributed by atoms with Gasteiger partial charge in [-0.1, -0.05) is 32.4 Å². The summed E-state index contributed by atoms with van der Waals surface area (Å²) >= 11 is 0. The Morgan fingerprint density at radius 2 is 2.00 bits per heavy atom. The monoisotopic (exact) mass is 236 g/mol. The third-order valence-electron chi connectivity index (χ3n) is 3.00. The van der Waals surface area contributed by atoms with Crippen LogP contribution in [-0.4, -0.2) is 13.7 Å². The molecule has 0 heterocycles. The second-order valence-electron chi connectivity index (χ2n) is 4.66. The highest BCUT2D eigenvalue weighted by Crippen LogP contribution is 2.21. The minimum atomic E-state index is 0.117. The van der Waals surface area contributed by atoms with Crippen molar-refractivity contribution < 1.29 is 9.47 Å². The van der Waals surface area contributed by atoms with Crippen LogP contribution in [0.2, 0.25) is 0 Å². The molecule has 2 unspecified atom stereocenters. The molecule has 0 aliphatic rings. The Balaban J connectivity index is 2.54. The summed E-state index contributed by atoms with van der Waals surface area (Å²) in [5, 5.41) is 0. The number of ether oxygens (including phenoxy) is 2. The molecule has 0 amide bonds. The highest BCUT2D eigenvalue weighted by Gasteiger charge is 2.06. The van der Waals surface area contributed by atoms with E-state index in [4.69, 9.17) is 9.47 Å². The lowest BCUT2D eigenvalue weighted by Gasteiger charge is -2.14. The molecule has 0 aromatic heterocycles. The van der Waals surface area contributed by atoms with Gasteiger partial charge in [-0.05, 0) is 37.0 Å². The van der Waals surface area contributed by atoms with Crippen molar-refractivity contribution in [2.24, 2.45) is 5.92 Å². The van der Waals surface area contributed by atoms with E-state index in [2.05, 4.69) is 26.0 Å². The molecule has 17 heavy (non-hydrogen) atoms. The molecule has 0 spiro atoms. The van der Waals surface area contributed by atoms with Crippen LogP contribution in [-0.2, 0) is 4.74 Å². The summed E-state index contributed by atoms with van der Waals surface area (Å²) in [4.78, 5) is 0. The average Bonchev–Trinajstić information content (AvgIpc) is 2.36. The van der Waals surface area contributed by atoms with Crippen molar-refractivity contribution in [2.45, 2.75) is 39.7 Å². The zero-order valence-corrected chi connectivity index (χ0v) is 11.4. The second kappa shape index (κ2) is 7.33. The Morgan fingerprint density at radius 3 is 2.65 bits per heavy atom. The quantitative estimate of drug-likeness (QED) is 0.706. The zero-order valence-electron chi connectivity index (χ0n) is 11.4. The molecule has 1 aromatic carbocycles. The van der Waals surface area contributed by atoms with Crippen LogP contribution in [0.25, 0.3) is 0 Å². The molecule has 0 fully saturated rings. The highest BCUT2D eigenvalue weighted by atomic mass is 16.5. The van der Waals surface area contributed by atoms with Crippen LogP contribution in [0.1, 0.15) is 45.3 Å². The van der Waals surface area contributed by atoms with E-state index >= 15 is 0 Å². The summed E-state index contributed by atoms with van der Waals surface area (Å²) in [5.74, 6) is 1.55. The molecule has 2 atom stereocenters. The standard InChI is InChI=1S/C15H24O2/c1-5-7-12(2)11-17-15-9-6-8-14(10-15)13(3)16-4/h6,8-10,12-13H,5,7,11H2,1-4H3. The van der Waals surface area contributed by atoms with Gasteiger partial charge in [0.2, 0.25) is 0 Å². The lowest BCUT2D eigenvalue weighted by molar-refractivity contribution is 0.119. The lowest BCUT2D eigenvalue weighted by Crippen LogP contribution is -2.08. The maximum Gasteiger partial charge on any atom is 0.119 e. The third kappa shape index (κ3) is 4.78. The van der Waals surface area contributed by atoms with Crippen LogP contribution in [0.5, 0.6) is 5.75 Å². The van der Waals surface area contributed by atoms with E-state index in [0.29, 0.717) is 5.92 Å². The van der Waals surface area contributed by atoms with Crippen molar-refractivity contribution in [3.63, 3.8) is 0 Å². The maximum absolute atomic E-state index is 5.80. The van der Waals surface area contributed by atoms with Crippen LogP contribution < -0.4 is 4.74 Å². The molecule has 0 aliphatic carbocycles. The van der Waals surface area contributed by atoms with E-state index < -0.39 is 0 Å². The van der Waals surface area contributed by atoms with Gasteiger partial charge in [-0.2, -0.15) is 0 Å². The van der Waals surface area contributed by atoms with Gasteiger partial charge < -0.3 is 9.47 Å². The summed E-state index contributed by atoms with van der Waals surface area (Å²) in [5.41, 5.74) is 1.16. The summed E-state index contributed by atoms with van der Waals surface area (Å²) < 4.78 is 11.1. The first-order chi connectivity index (χ1) is 8.17. The third-order valence-corrected chi connectivity index (χ3v) is 3.00. The smallest absolute Gasteiger partial charge is 0.119 e. The minimum Gasteiger partial charge on any atom is -0.493 e. The first-order valence-corrected chi connectivity index (χ1v) is 6.43. The second-order valence-corrected chi connectivity index (χ2v) is 4.66. The number of hydrogen-bond acceptors (Lipinski definition) is 2. The van der Waals surface area contributed by atoms with Gasteiger partial charge in [-0.3, -0.25) is 0 Å². The zero-order chi connectivity index (χ0) is 12.7. The van der Waals surface area contributed by atoms with E-state index in [0.717, 1.165) is 17.9 Å². The predicted molar refractivity (Wildman–Crippen MR) is 71.4 cm³/mol. The first-order valence-electron chi connectivity index (χ1n) is 6.43. The predicted octanol–water partition coefficient (Wildman–Crippen LogP) is 4.21. The summed E-state index contributed by atoms with van der Waals surface area (Å²) in [6.07, 6.45) is 2.55. The highest BCUT2D eigenvalue weighted by molar-refractivity contribution is 5.29. The van der Waals surface area contributed by atoms with Gasteiger partial charge in [0.25, 0.3) is 0 Å². The number of hydrogen-bond donors (Lipinski definition) is 0. The van der Waals surface area contributed by atoms with Gasteiger partial charge in [0.15, 0.2) is 0 Å². The lowest BCUT2D eigenvalue weighted by atomic mass is 10.1. The van der Waals surface area contributed by atoms with Crippen LogP contribution in [0.3, 0.4) is 0 Å². The molecule has 0 radical (unpaired) electrons. The Kier molecular flexibility index (Phi) is 6.06. The van der Waals surface area contributed by atoms with Crippen molar-refractivity contribution >= 4 is 0 Å². The molecule has 2 nitrogen and oxygen atoms in total. The summed E-state index contributed by atoms with van der Waals surface area (Å²) in [6, 6.07) is 8.15. The molecule has 2 heteroatoms. The van der Waals surface area contributed by atoms with Gasteiger partial charge in [0.1, 0.15) is 5.75 Å². The molecule has 1 aromatic rings. The number of benzene rings is 1. The van der Waals surface area contributed by atoms with Gasteiger partial charge in [-0.15, -0.1) is 0 Å². The molecule has 1 rings (SSSR count). The fourth-order valence-electron chi connectivity index (χ4n) is 1.81. The van der Waals surface area contributed by atoms with Crippen LogP contribution in [0.15, 0.2) is 24.3 Å². The molecule has 0 N–H and O–H groups in total. The molecule has 0 bridgehead atoms. The molecule has 0 aliphatic heterocycles. The van der Waals surface area contributed by atoms with E-state index in [-0.39, 0.29) is 6.10 Å². The van der Waals surface area contributed by atoms with E-state index in [1.165, 1.54) is 12.8 Å². The van der Waals surface area contributed by atoms with E-state index in [9.17, 15) is 0 Å². The van der Waals surface area contributed by atoms with Gasteiger partial charge in [-0.25, -0.2) is 0 Å². The molecule has 0 saturated heterocycles. The molecular weight excluding hydrogens is 212 g/mol. The van der Waals surface area contributed by atoms with E-state index in [1.54, 1.807) is 7.11 Å². The van der Waals surface area contributed by atoms with Crippen molar-refractivity contribution in [3.8, 4) is 5.75 Å². The normalized spacial score (nSPS) is 14.4. The molecule has 96 valence electrons. The minimum absolute atomic E-state index is 0.117. The summed E-state index contributed by atoms with van der Waals surface area (Å²) in [7, 11) is 1.72. The Morgan fingerprint density at radius 1 is 1.24 bits per heavy atom. The SMILES string of the molecule is CCCC(C)COc1cccc(C(C)OC)c1. The van der Waals surface area contributed by atoms with Crippen molar-refractivity contribution in [1.82, 2.24) is 0 Å². The van der Waals surface area contributed by atoms with Gasteiger partial charge >= 0.3 is 0 Å². The Bertz CT molecular complexity index is 322. The maximum atomic E-state index is 5.80. The number of methoxy groups -OCH3 is 1. The topological polar surface area (TPSA) is 18.5 Å². The summed E-state index contributed by atoms with van der Waals surface area (Å²) in [6.45, 7) is 7.26.